The molecule has 0 saturated heterocycles. The molecule has 0 aliphatic carbocycles. The zero-order chi connectivity index (χ0) is 14.0. The van der Waals surface area contributed by atoms with Crippen molar-refractivity contribution in [2.24, 2.45) is 5.73 Å². The third-order valence-corrected chi connectivity index (χ3v) is 4.68. The quantitative estimate of drug-likeness (QED) is 0.795. The number of nitrogens with one attached hydrogen (secondary N) is 1. The largest absolute Gasteiger partial charge is 0.363 e. The number of sulfonamides is 1. The molecule has 0 aliphatic heterocycles. The van der Waals surface area contributed by atoms with E-state index in [1.165, 1.54) is 10.5 Å². The number of hydrogen-bond donors (Lipinski definition) is 2. The molecule has 0 amide bonds. The van der Waals surface area contributed by atoms with Gasteiger partial charge in [0, 0.05) is 30.5 Å². The lowest BCUT2D eigenvalue weighted by Crippen LogP contribution is -2.45. The number of aromatic amines is 1. The number of H-pyrrole nitrogens is 1. The summed E-state index contributed by atoms with van der Waals surface area (Å²) in [5, 5.41) is 0. The average molecular weight is 271 g/mol. The van der Waals surface area contributed by atoms with Gasteiger partial charge in [0.1, 0.15) is 0 Å². The smallest absolute Gasteiger partial charge is 0.245 e. The lowest BCUT2D eigenvalue weighted by Gasteiger charge is -2.33. The van der Waals surface area contributed by atoms with Crippen LogP contribution >= 0.6 is 0 Å². The number of nitrogens with two attached hydrogens (primary N) is 1. The molecule has 0 aliphatic rings. The lowest BCUT2D eigenvalue weighted by atomic mass is 10.1. The van der Waals surface area contributed by atoms with Crippen molar-refractivity contribution in [3.05, 3.63) is 30.6 Å². The molecule has 1 aromatic heterocycles. The molecule has 1 heterocycles. The van der Waals surface area contributed by atoms with Crippen molar-refractivity contribution in [1.82, 2.24) is 9.29 Å². The fourth-order valence-corrected chi connectivity index (χ4v) is 3.44. The first-order chi connectivity index (χ1) is 8.23. The Morgan fingerprint density at radius 1 is 1.50 bits per heavy atom. The summed E-state index contributed by atoms with van der Waals surface area (Å²) < 4.78 is 26.4. The maximum atomic E-state index is 12.5. The maximum Gasteiger partial charge on any atom is 0.245 e. The second-order valence-corrected chi connectivity index (χ2v) is 6.92. The van der Waals surface area contributed by atoms with E-state index in [9.17, 15) is 8.42 Å². The summed E-state index contributed by atoms with van der Waals surface area (Å²) in [6, 6.07) is 1.57. The van der Waals surface area contributed by atoms with Crippen molar-refractivity contribution < 1.29 is 8.42 Å². The highest BCUT2D eigenvalue weighted by atomic mass is 32.2. The normalized spacial score (nSPS) is 12.9. The summed E-state index contributed by atoms with van der Waals surface area (Å²) >= 11 is 0. The molecular weight excluding hydrogens is 250 g/mol. The third kappa shape index (κ3) is 3.01. The summed E-state index contributed by atoms with van der Waals surface area (Å²) in [5.74, 6) is 0. The van der Waals surface area contributed by atoms with E-state index in [2.05, 4.69) is 11.6 Å². The SMILES string of the molecule is C=CCN(C(C)(C)C)S(=O)(=O)c1c[nH]c(CN)c1. The van der Waals surface area contributed by atoms with Crippen molar-refractivity contribution in [3.63, 3.8) is 0 Å². The minimum Gasteiger partial charge on any atom is -0.363 e. The van der Waals surface area contributed by atoms with Crippen LogP contribution in [0.15, 0.2) is 29.8 Å². The second-order valence-electron chi connectivity index (χ2n) is 5.06. The van der Waals surface area contributed by atoms with Crippen LogP contribution in [0.4, 0.5) is 0 Å². The molecule has 0 unspecified atom stereocenters. The van der Waals surface area contributed by atoms with Crippen LogP contribution in [0, 0.1) is 0 Å². The first-order valence-corrected chi connectivity index (χ1v) is 7.18. The first-order valence-electron chi connectivity index (χ1n) is 5.74. The van der Waals surface area contributed by atoms with Crippen LogP contribution in [0.2, 0.25) is 0 Å². The number of nitrogens with zero attached hydrogens (tertiary/aromatic N) is 1. The molecule has 1 rings (SSSR count). The standard InChI is InChI=1S/C12H21N3O2S/c1-5-6-15(12(2,3)4)18(16,17)11-7-10(8-13)14-9-11/h5,7,9,14H,1,6,8,13H2,2-4H3. The molecular formula is C12H21N3O2S. The molecule has 0 saturated carbocycles. The molecule has 0 radical (unpaired) electrons. The molecule has 18 heavy (non-hydrogen) atoms. The van der Waals surface area contributed by atoms with Gasteiger partial charge in [-0.3, -0.25) is 0 Å². The predicted molar refractivity (Wildman–Crippen MR) is 72.5 cm³/mol. The minimum atomic E-state index is -3.53. The molecule has 3 N–H and O–H groups in total. The fourth-order valence-electron chi connectivity index (χ4n) is 1.66. The van der Waals surface area contributed by atoms with Gasteiger partial charge in [0.25, 0.3) is 0 Å². The Morgan fingerprint density at radius 3 is 2.50 bits per heavy atom. The summed E-state index contributed by atoms with van der Waals surface area (Å²) in [6.45, 7) is 9.72. The second kappa shape index (κ2) is 5.26. The fraction of sp³-hybridized carbons (Fsp3) is 0.500. The summed E-state index contributed by atoms with van der Waals surface area (Å²) in [5.41, 5.74) is 5.66. The molecule has 0 atom stereocenters. The van der Waals surface area contributed by atoms with Gasteiger partial charge in [-0.2, -0.15) is 4.31 Å². The highest BCUT2D eigenvalue weighted by molar-refractivity contribution is 7.89. The minimum absolute atomic E-state index is 0.236. The monoisotopic (exact) mass is 271 g/mol. The van der Waals surface area contributed by atoms with Gasteiger partial charge in [-0.25, -0.2) is 8.42 Å². The number of aromatic nitrogens is 1. The van der Waals surface area contributed by atoms with E-state index in [1.807, 2.05) is 20.8 Å². The van der Waals surface area contributed by atoms with Crippen LogP contribution in [0.1, 0.15) is 26.5 Å². The van der Waals surface area contributed by atoms with E-state index >= 15 is 0 Å². The molecule has 0 spiro atoms. The van der Waals surface area contributed by atoms with Gasteiger partial charge in [-0.15, -0.1) is 6.58 Å². The van der Waals surface area contributed by atoms with Gasteiger partial charge in [-0.05, 0) is 26.8 Å². The highest BCUT2D eigenvalue weighted by Crippen LogP contribution is 2.24. The molecule has 1 aromatic rings. The van der Waals surface area contributed by atoms with Crippen LogP contribution in [0.25, 0.3) is 0 Å². The zero-order valence-corrected chi connectivity index (χ0v) is 11.9. The number of rotatable bonds is 5. The predicted octanol–water partition coefficient (Wildman–Crippen LogP) is 1.45. The Bertz CT molecular complexity index is 512. The Kier molecular flexibility index (Phi) is 4.37. The Balaban J connectivity index is 3.21. The van der Waals surface area contributed by atoms with Gasteiger partial charge in [-0.1, -0.05) is 6.08 Å². The molecule has 0 fully saturated rings. The van der Waals surface area contributed by atoms with Gasteiger partial charge < -0.3 is 10.7 Å². The Morgan fingerprint density at radius 2 is 2.11 bits per heavy atom. The summed E-state index contributed by atoms with van der Waals surface area (Å²) in [6.07, 6.45) is 3.05. The third-order valence-electron chi connectivity index (χ3n) is 2.57. The number of hydrogen-bond acceptors (Lipinski definition) is 3. The van der Waals surface area contributed by atoms with Crippen LogP contribution < -0.4 is 5.73 Å². The summed E-state index contributed by atoms with van der Waals surface area (Å²) in [7, 11) is -3.53. The van der Waals surface area contributed by atoms with Crippen molar-refractivity contribution in [1.29, 1.82) is 0 Å². The van der Waals surface area contributed by atoms with E-state index in [0.717, 1.165) is 0 Å². The van der Waals surface area contributed by atoms with Crippen molar-refractivity contribution in [3.8, 4) is 0 Å². The molecule has 0 bridgehead atoms. The Hall–Kier alpha value is -1.11. The molecule has 0 aromatic carbocycles. The van der Waals surface area contributed by atoms with E-state index in [4.69, 9.17) is 5.73 Å². The van der Waals surface area contributed by atoms with E-state index in [1.54, 1.807) is 12.1 Å². The van der Waals surface area contributed by atoms with E-state index in [-0.39, 0.29) is 18.0 Å². The average Bonchev–Trinajstić information content (AvgIpc) is 2.73. The van der Waals surface area contributed by atoms with Gasteiger partial charge in [0.05, 0.1) is 4.90 Å². The maximum absolute atomic E-state index is 12.5. The Labute approximate surface area is 109 Å². The topological polar surface area (TPSA) is 79.2 Å². The zero-order valence-electron chi connectivity index (χ0n) is 11.1. The van der Waals surface area contributed by atoms with E-state index in [0.29, 0.717) is 5.69 Å². The van der Waals surface area contributed by atoms with Gasteiger partial charge in [0.15, 0.2) is 0 Å². The van der Waals surface area contributed by atoms with Crippen molar-refractivity contribution in [2.45, 2.75) is 37.8 Å². The van der Waals surface area contributed by atoms with Gasteiger partial charge in [0.2, 0.25) is 10.0 Å². The van der Waals surface area contributed by atoms with Crippen LogP contribution in [-0.4, -0.2) is 29.8 Å². The van der Waals surface area contributed by atoms with Crippen molar-refractivity contribution in [2.75, 3.05) is 6.54 Å². The van der Waals surface area contributed by atoms with Gasteiger partial charge >= 0.3 is 0 Å². The molecule has 6 heteroatoms. The lowest BCUT2D eigenvalue weighted by molar-refractivity contribution is 0.270. The van der Waals surface area contributed by atoms with Crippen molar-refractivity contribution >= 4 is 10.0 Å². The molecule has 5 nitrogen and oxygen atoms in total. The summed E-state index contributed by atoms with van der Waals surface area (Å²) in [4.78, 5) is 3.09. The van der Waals surface area contributed by atoms with Crippen LogP contribution in [0.5, 0.6) is 0 Å². The van der Waals surface area contributed by atoms with Crippen LogP contribution in [0.3, 0.4) is 0 Å². The first kappa shape index (κ1) is 14.9. The molecule has 102 valence electrons. The highest BCUT2D eigenvalue weighted by Gasteiger charge is 2.33. The van der Waals surface area contributed by atoms with Crippen LogP contribution in [-0.2, 0) is 16.6 Å². The van der Waals surface area contributed by atoms with E-state index < -0.39 is 15.6 Å².